The fraction of sp³-hybridized carbons (Fsp3) is 0.263. The summed E-state index contributed by atoms with van der Waals surface area (Å²) in [5, 5.41) is 3.90. The molecule has 0 amide bonds. The van der Waals surface area contributed by atoms with Crippen molar-refractivity contribution in [2.75, 3.05) is 11.4 Å². The molecule has 0 atom stereocenters. The zero-order valence-electron chi connectivity index (χ0n) is 14.4. The second kappa shape index (κ2) is 6.40. The Balaban J connectivity index is 1.67. The first-order valence-electron chi connectivity index (χ1n) is 8.38. The molecule has 0 spiro atoms. The van der Waals surface area contributed by atoms with Gasteiger partial charge >= 0.3 is 0 Å². The molecule has 0 saturated carbocycles. The van der Waals surface area contributed by atoms with E-state index in [1.54, 1.807) is 13.8 Å². The molecule has 26 heavy (non-hydrogen) atoms. The third-order valence-electron chi connectivity index (χ3n) is 4.15. The SMILES string of the molecule is CC(C)Oc1cc(F)c(-c2nc(N3CCc4ccccc43)no2)c(F)c1. The molecule has 0 bridgehead atoms. The number of nitrogens with zero attached hydrogens (tertiary/aromatic N) is 3. The maximum Gasteiger partial charge on any atom is 0.270 e. The zero-order valence-corrected chi connectivity index (χ0v) is 14.4. The molecule has 5 nitrogen and oxygen atoms in total. The second-order valence-corrected chi connectivity index (χ2v) is 6.36. The molecule has 1 aromatic heterocycles. The predicted octanol–water partition coefficient (Wildman–Crippen LogP) is 4.50. The van der Waals surface area contributed by atoms with E-state index in [9.17, 15) is 8.78 Å². The van der Waals surface area contributed by atoms with Crippen molar-refractivity contribution in [3.05, 3.63) is 53.6 Å². The van der Waals surface area contributed by atoms with Gasteiger partial charge < -0.3 is 14.2 Å². The van der Waals surface area contributed by atoms with Crippen LogP contribution in [0.2, 0.25) is 0 Å². The first-order chi connectivity index (χ1) is 12.5. The van der Waals surface area contributed by atoms with Crippen LogP contribution >= 0.6 is 0 Å². The highest BCUT2D eigenvalue weighted by Crippen LogP contribution is 2.35. The van der Waals surface area contributed by atoms with E-state index in [2.05, 4.69) is 10.1 Å². The van der Waals surface area contributed by atoms with Crippen LogP contribution in [0.3, 0.4) is 0 Å². The van der Waals surface area contributed by atoms with Crippen molar-refractivity contribution in [2.24, 2.45) is 0 Å². The van der Waals surface area contributed by atoms with E-state index in [1.165, 1.54) is 5.56 Å². The van der Waals surface area contributed by atoms with Crippen LogP contribution in [0, 0.1) is 11.6 Å². The number of halogens is 2. The summed E-state index contributed by atoms with van der Waals surface area (Å²) in [6.45, 7) is 4.24. The van der Waals surface area contributed by atoms with Crippen LogP contribution in [0.4, 0.5) is 20.4 Å². The number of hydrogen-bond donors (Lipinski definition) is 0. The largest absolute Gasteiger partial charge is 0.491 e. The van der Waals surface area contributed by atoms with Gasteiger partial charge in [-0.3, -0.25) is 0 Å². The molecule has 0 saturated heterocycles. The van der Waals surface area contributed by atoms with E-state index in [0.717, 1.165) is 24.2 Å². The first-order valence-corrected chi connectivity index (χ1v) is 8.38. The summed E-state index contributed by atoms with van der Waals surface area (Å²) < 4.78 is 39.3. The summed E-state index contributed by atoms with van der Waals surface area (Å²) in [4.78, 5) is 6.07. The van der Waals surface area contributed by atoms with Gasteiger partial charge in [-0.25, -0.2) is 8.78 Å². The van der Waals surface area contributed by atoms with Crippen LogP contribution in [0.15, 0.2) is 40.9 Å². The average molecular weight is 357 g/mol. The van der Waals surface area contributed by atoms with Gasteiger partial charge in [-0.15, -0.1) is 0 Å². The van der Waals surface area contributed by atoms with Crippen LogP contribution in [-0.4, -0.2) is 22.8 Å². The summed E-state index contributed by atoms with van der Waals surface area (Å²) >= 11 is 0. The lowest BCUT2D eigenvalue weighted by Crippen LogP contribution is -2.14. The van der Waals surface area contributed by atoms with Crippen molar-refractivity contribution < 1.29 is 18.0 Å². The quantitative estimate of drug-likeness (QED) is 0.688. The predicted molar refractivity (Wildman–Crippen MR) is 92.6 cm³/mol. The minimum Gasteiger partial charge on any atom is -0.491 e. The van der Waals surface area contributed by atoms with Crippen molar-refractivity contribution in [3.63, 3.8) is 0 Å². The number of fused-ring (bicyclic) bond motifs is 1. The summed E-state index contributed by atoms with van der Waals surface area (Å²) in [6, 6.07) is 10.1. The number of benzene rings is 2. The summed E-state index contributed by atoms with van der Waals surface area (Å²) in [7, 11) is 0. The first kappa shape index (κ1) is 16.5. The molecule has 7 heteroatoms. The summed E-state index contributed by atoms with van der Waals surface area (Å²) in [6.07, 6.45) is 0.661. The minimum atomic E-state index is -0.808. The van der Waals surface area contributed by atoms with Gasteiger partial charge in [0.2, 0.25) is 0 Å². The number of hydrogen-bond acceptors (Lipinski definition) is 5. The van der Waals surface area contributed by atoms with Crippen molar-refractivity contribution in [1.82, 2.24) is 10.1 Å². The Bertz CT molecular complexity index is 932. The van der Waals surface area contributed by atoms with E-state index < -0.39 is 11.6 Å². The number of ether oxygens (including phenoxy) is 1. The topological polar surface area (TPSA) is 51.4 Å². The third kappa shape index (κ3) is 2.89. The van der Waals surface area contributed by atoms with Crippen molar-refractivity contribution in [1.29, 1.82) is 0 Å². The van der Waals surface area contributed by atoms with E-state index in [1.807, 2.05) is 29.2 Å². The van der Waals surface area contributed by atoms with Crippen molar-refractivity contribution in [3.8, 4) is 17.2 Å². The monoisotopic (exact) mass is 357 g/mol. The number of anilines is 2. The maximum absolute atomic E-state index is 14.4. The summed E-state index contributed by atoms with van der Waals surface area (Å²) in [5.74, 6) is -1.41. The molecule has 0 unspecified atom stereocenters. The second-order valence-electron chi connectivity index (χ2n) is 6.36. The maximum atomic E-state index is 14.4. The van der Waals surface area contributed by atoms with Gasteiger partial charge in [0.25, 0.3) is 11.8 Å². The number of para-hydroxylation sites is 1. The molecule has 1 aliphatic heterocycles. The standard InChI is InChI=1S/C19H17F2N3O2/c1-11(2)25-13-9-14(20)17(15(21)10-13)18-22-19(23-26-18)24-8-7-12-5-3-4-6-16(12)24/h3-6,9-11H,7-8H2,1-2H3. The Morgan fingerprint density at radius 2 is 1.88 bits per heavy atom. The lowest BCUT2D eigenvalue weighted by atomic mass is 10.2. The fourth-order valence-corrected chi connectivity index (χ4v) is 3.07. The van der Waals surface area contributed by atoms with Gasteiger partial charge in [0, 0.05) is 24.4 Å². The van der Waals surface area contributed by atoms with Gasteiger partial charge in [0.15, 0.2) is 0 Å². The van der Waals surface area contributed by atoms with Gasteiger partial charge in [-0.1, -0.05) is 18.2 Å². The molecule has 2 aromatic carbocycles. The third-order valence-corrected chi connectivity index (χ3v) is 4.15. The number of rotatable bonds is 4. The highest BCUT2D eigenvalue weighted by atomic mass is 19.1. The molecule has 0 fully saturated rings. The number of aromatic nitrogens is 2. The smallest absolute Gasteiger partial charge is 0.270 e. The molecule has 0 aliphatic carbocycles. The molecule has 2 heterocycles. The zero-order chi connectivity index (χ0) is 18.3. The van der Waals surface area contributed by atoms with Crippen molar-refractivity contribution in [2.45, 2.75) is 26.4 Å². The molecular formula is C19H17F2N3O2. The highest BCUT2D eigenvalue weighted by molar-refractivity contribution is 5.67. The van der Waals surface area contributed by atoms with Crippen LogP contribution in [0.25, 0.3) is 11.5 Å². The van der Waals surface area contributed by atoms with Crippen LogP contribution < -0.4 is 9.64 Å². The Kier molecular flexibility index (Phi) is 4.06. The normalized spacial score (nSPS) is 13.3. The molecule has 134 valence electrons. The lowest BCUT2D eigenvalue weighted by molar-refractivity contribution is 0.240. The lowest BCUT2D eigenvalue weighted by Gasteiger charge is -2.13. The molecule has 3 aromatic rings. The minimum absolute atomic E-state index is 0.118. The molecule has 1 aliphatic rings. The average Bonchev–Trinajstić information content (AvgIpc) is 3.20. The van der Waals surface area contributed by atoms with Gasteiger partial charge in [0.05, 0.1) is 6.10 Å². The van der Waals surface area contributed by atoms with Crippen LogP contribution in [-0.2, 0) is 6.42 Å². The van der Waals surface area contributed by atoms with E-state index >= 15 is 0 Å². The molecule has 0 N–H and O–H groups in total. The summed E-state index contributed by atoms with van der Waals surface area (Å²) in [5.41, 5.74) is 1.79. The van der Waals surface area contributed by atoms with Crippen molar-refractivity contribution >= 4 is 11.6 Å². The van der Waals surface area contributed by atoms with Gasteiger partial charge in [-0.2, -0.15) is 4.98 Å². The Hall–Kier alpha value is -2.96. The van der Waals surface area contributed by atoms with E-state index in [4.69, 9.17) is 9.26 Å². The molecule has 4 rings (SSSR count). The van der Waals surface area contributed by atoms with E-state index in [-0.39, 0.29) is 29.3 Å². The highest BCUT2D eigenvalue weighted by Gasteiger charge is 2.26. The van der Waals surface area contributed by atoms with Crippen LogP contribution in [0.5, 0.6) is 5.75 Å². The van der Waals surface area contributed by atoms with Gasteiger partial charge in [0.1, 0.15) is 22.9 Å². The van der Waals surface area contributed by atoms with Crippen LogP contribution in [0.1, 0.15) is 19.4 Å². The Morgan fingerprint density at radius 1 is 1.15 bits per heavy atom. The Morgan fingerprint density at radius 3 is 2.62 bits per heavy atom. The fourth-order valence-electron chi connectivity index (χ4n) is 3.07. The molecule has 0 radical (unpaired) electrons. The van der Waals surface area contributed by atoms with Gasteiger partial charge in [-0.05, 0) is 37.1 Å². The molecular weight excluding hydrogens is 340 g/mol. The Labute approximate surface area is 149 Å². The van der Waals surface area contributed by atoms with E-state index in [0.29, 0.717) is 6.54 Å².